The van der Waals surface area contributed by atoms with Crippen LogP contribution in [0.1, 0.15) is 34.1 Å². The monoisotopic (exact) mass is 386 g/mol. The van der Waals surface area contributed by atoms with Gasteiger partial charge < -0.3 is 35.0 Å². The van der Waals surface area contributed by atoms with Crippen LogP contribution < -0.4 is 0 Å². The highest BCUT2D eigenvalue weighted by Gasteiger charge is 2.47. The van der Waals surface area contributed by atoms with Gasteiger partial charge in [0.1, 0.15) is 30.0 Å². The molecule has 154 valence electrons. The Morgan fingerprint density at radius 1 is 1.30 bits per heavy atom. The maximum Gasteiger partial charge on any atom is 0.187 e. The summed E-state index contributed by atoms with van der Waals surface area (Å²) >= 11 is 0. The van der Waals surface area contributed by atoms with E-state index in [1.165, 1.54) is 6.08 Å². The molecule has 0 aromatic heterocycles. The topological polar surface area (TPSA) is 137 Å². The molecular weight excluding hydrogens is 356 g/mol. The second kappa shape index (κ2) is 8.08. The molecule has 1 saturated heterocycles. The average molecular weight is 386 g/mol. The van der Waals surface area contributed by atoms with Gasteiger partial charge in [0.05, 0.1) is 12.7 Å². The minimum absolute atomic E-state index is 0.0406. The van der Waals surface area contributed by atoms with Crippen LogP contribution in [0.2, 0.25) is 0 Å². The van der Waals surface area contributed by atoms with Crippen LogP contribution >= 0.6 is 0 Å². The summed E-state index contributed by atoms with van der Waals surface area (Å²) in [6, 6.07) is 0. The standard InChI is InChI=1S/C19H30O8/c1-10-7-12(21)8-18(3,4)19(10,25)6-5-11(2)26-17-16(24)15(23)14(22)13(9-20)27-17/h5-7,11,13-17,20,22-25H,8-9H2,1-4H3/t11?,13?,14?,15?,16?,17?,19-/m1/s1. The Bertz CT molecular complexity index is 611. The second-order valence-corrected chi connectivity index (χ2v) is 8.02. The molecule has 0 aromatic carbocycles. The number of ether oxygens (including phenoxy) is 2. The summed E-state index contributed by atoms with van der Waals surface area (Å²) in [5, 5.41) is 50.0. The zero-order valence-electron chi connectivity index (χ0n) is 16.1. The summed E-state index contributed by atoms with van der Waals surface area (Å²) in [4.78, 5) is 11.8. The van der Waals surface area contributed by atoms with Gasteiger partial charge in [-0.05, 0) is 31.6 Å². The third-order valence-electron chi connectivity index (χ3n) is 5.43. The van der Waals surface area contributed by atoms with Crippen molar-refractivity contribution >= 4 is 5.78 Å². The number of ketones is 1. The van der Waals surface area contributed by atoms with Gasteiger partial charge in [-0.3, -0.25) is 4.79 Å². The van der Waals surface area contributed by atoms with Crippen LogP contribution in [0.15, 0.2) is 23.8 Å². The molecule has 7 atom stereocenters. The largest absolute Gasteiger partial charge is 0.394 e. The SMILES string of the molecule is CC1=CC(=O)CC(C)(C)[C@@]1(O)C=CC(C)OC1OC(CO)C(O)C(O)C1O. The van der Waals surface area contributed by atoms with Crippen molar-refractivity contribution in [3.05, 3.63) is 23.8 Å². The summed E-state index contributed by atoms with van der Waals surface area (Å²) in [7, 11) is 0. The van der Waals surface area contributed by atoms with E-state index < -0.39 is 54.4 Å². The summed E-state index contributed by atoms with van der Waals surface area (Å²) in [5.41, 5.74) is -1.52. The number of aliphatic hydroxyl groups is 5. The Hall–Kier alpha value is -1.13. The molecule has 2 rings (SSSR count). The Kier molecular flexibility index (Phi) is 6.63. The number of allylic oxidation sites excluding steroid dienone is 1. The highest BCUT2D eigenvalue weighted by atomic mass is 16.7. The molecule has 8 nitrogen and oxygen atoms in total. The Labute approximate surface area is 158 Å². The lowest BCUT2D eigenvalue weighted by Gasteiger charge is -2.44. The van der Waals surface area contributed by atoms with Crippen LogP contribution in [0, 0.1) is 5.41 Å². The normalized spacial score (nSPS) is 40.9. The van der Waals surface area contributed by atoms with Crippen molar-refractivity contribution in [3.63, 3.8) is 0 Å². The molecule has 1 fully saturated rings. The van der Waals surface area contributed by atoms with E-state index in [4.69, 9.17) is 9.47 Å². The van der Waals surface area contributed by atoms with E-state index >= 15 is 0 Å². The minimum atomic E-state index is -1.52. The molecule has 6 unspecified atom stereocenters. The molecule has 0 amide bonds. The fourth-order valence-electron chi connectivity index (χ4n) is 3.58. The van der Waals surface area contributed by atoms with Crippen LogP contribution in [0.25, 0.3) is 0 Å². The van der Waals surface area contributed by atoms with Crippen molar-refractivity contribution < 1.29 is 39.8 Å². The molecule has 5 N–H and O–H groups in total. The summed E-state index contributed by atoms with van der Waals surface area (Å²) in [6.45, 7) is 6.40. The van der Waals surface area contributed by atoms with Crippen molar-refractivity contribution in [3.8, 4) is 0 Å². The van der Waals surface area contributed by atoms with Crippen molar-refractivity contribution in [2.75, 3.05) is 6.61 Å². The maximum absolute atomic E-state index is 11.8. The molecule has 1 aliphatic heterocycles. The van der Waals surface area contributed by atoms with E-state index in [-0.39, 0.29) is 12.2 Å². The van der Waals surface area contributed by atoms with Gasteiger partial charge in [-0.2, -0.15) is 0 Å². The lowest BCUT2D eigenvalue weighted by atomic mass is 9.64. The molecule has 1 heterocycles. The number of carbonyl (C=O) groups is 1. The van der Waals surface area contributed by atoms with Crippen molar-refractivity contribution in [1.82, 2.24) is 0 Å². The van der Waals surface area contributed by atoms with E-state index in [1.807, 2.05) is 0 Å². The minimum Gasteiger partial charge on any atom is -0.394 e. The predicted molar refractivity (Wildman–Crippen MR) is 95.6 cm³/mol. The van der Waals surface area contributed by atoms with Gasteiger partial charge in [0.15, 0.2) is 12.1 Å². The number of hydrogen-bond donors (Lipinski definition) is 5. The fourth-order valence-corrected chi connectivity index (χ4v) is 3.58. The third kappa shape index (κ3) is 4.32. The van der Waals surface area contributed by atoms with Crippen LogP contribution in [0.3, 0.4) is 0 Å². The van der Waals surface area contributed by atoms with Gasteiger partial charge in [-0.15, -0.1) is 0 Å². The van der Waals surface area contributed by atoms with Crippen LogP contribution in [-0.4, -0.2) is 80.3 Å². The van der Waals surface area contributed by atoms with Crippen LogP contribution in [-0.2, 0) is 14.3 Å². The summed E-state index contributed by atoms with van der Waals surface area (Å²) in [5.74, 6) is -0.0406. The summed E-state index contributed by atoms with van der Waals surface area (Å²) < 4.78 is 10.9. The number of rotatable bonds is 5. The zero-order valence-corrected chi connectivity index (χ0v) is 16.1. The lowest BCUT2D eigenvalue weighted by molar-refractivity contribution is -0.306. The van der Waals surface area contributed by atoms with Crippen molar-refractivity contribution in [1.29, 1.82) is 0 Å². The Morgan fingerprint density at radius 3 is 2.48 bits per heavy atom. The molecular formula is C19H30O8. The first-order valence-electron chi connectivity index (χ1n) is 9.02. The second-order valence-electron chi connectivity index (χ2n) is 8.02. The van der Waals surface area contributed by atoms with Crippen LogP contribution in [0.5, 0.6) is 0 Å². The highest BCUT2D eigenvalue weighted by Crippen LogP contribution is 2.44. The summed E-state index contributed by atoms with van der Waals surface area (Å²) in [6.07, 6.45) is -2.64. The van der Waals surface area contributed by atoms with E-state index in [9.17, 15) is 30.3 Å². The first-order chi connectivity index (χ1) is 12.4. The molecule has 0 saturated carbocycles. The Balaban J connectivity index is 2.11. The highest BCUT2D eigenvalue weighted by molar-refractivity contribution is 5.92. The van der Waals surface area contributed by atoms with Gasteiger partial charge in [0.25, 0.3) is 0 Å². The number of carbonyl (C=O) groups excluding carboxylic acids is 1. The van der Waals surface area contributed by atoms with Crippen LogP contribution in [0.4, 0.5) is 0 Å². The van der Waals surface area contributed by atoms with Gasteiger partial charge in [-0.25, -0.2) is 0 Å². The van der Waals surface area contributed by atoms with Crippen molar-refractivity contribution in [2.24, 2.45) is 5.41 Å². The maximum atomic E-state index is 11.8. The first kappa shape index (κ1) is 22.2. The quantitative estimate of drug-likeness (QED) is 0.396. The molecule has 0 radical (unpaired) electrons. The van der Waals surface area contributed by atoms with Gasteiger partial charge >= 0.3 is 0 Å². The molecule has 0 aromatic rings. The van der Waals surface area contributed by atoms with E-state index in [0.717, 1.165) is 0 Å². The zero-order chi connectivity index (χ0) is 20.6. The molecule has 2 aliphatic rings. The fraction of sp³-hybridized carbons (Fsp3) is 0.737. The van der Waals surface area contributed by atoms with Gasteiger partial charge in [0.2, 0.25) is 0 Å². The van der Waals surface area contributed by atoms with Gasteiger partial charge in [0, 0.05) is 11.8 Å². The number of hydrogen-bond acceptors (Lipinski definition) is 8. The van der Waals surface area contributed by atoms with Gasteiger partial charge in [-0.1, -0.05) is 19.9 Å². The average Bonchev–Trinajstić information content (AvgIpc) is 2.58. The van der Waals surface area contributed by atoms with E-state index in [1.54, 1.807) is 39.8 Å². The first-order valence-corrected chi connectivity index (χ1v) is 9.02. The van der Waals surface area contributed by atoms with E-state index in [0.29, 0.717) is 5.57 Å². The smallest absolute Gasteiger partial charge is 0.187 e. The van der Waals surface area contributed by atoms with E-state index in [2.05, 4.69) is 0 Å². The molecule has 0 bridgehead atoms. The third-order valence-corrected chi connectivity index (χ3v) is 5.43. The van der Waals surface area contributed by atoms with Crippen molar-refractivity contribution in [2.45, 2.75) is 76.5 Å². The molecule has 0 spiro atoms. The lowest BCUT2D eigenvalue weighted by Crippen LogP contribution is -2.59. The molecule has 27 heavy (non-hydrogen) atoms. The predicted octanol–water partition coefficient (Wildman–Crippen LogP) is -0.576. The molecule has 1 aliphatic carbocycles. The Morgan fingerprint density at radius 2 is 1.93 bits per heavy atom. The number of aliphatic hydroxyl groups excluding tert-OH is 4. The molecule has 8 heteroatoms.